The first-order valence-electron chi connectivity index (χ1n) is 3.96. The lowest BCUT2D eigenvalue weighted by atomic mass is 10.2. The smallest absolute Gasteiger partial charge is 0.207 e. The second-order valence-electron chi connectivity index (χ2n) is 2.70. The van der Waals surface area contributed by atoms with Gasteiger partial charge in [-0.1, -0.05) is 6.92 Å². The van der Waals surface area contributed by atoms with E-state index in [1.807, 2.05) is 0 Å². The number of rotatable bonds is 2. The van der Waals surface area contributed by atoms with E-state index in [0.717, 1.165) is 6.07 Å². The largest absolute Gasteiger partial charge is 0.446 e. The summed E-state index contributed by atoms with van der Waals surface area (Å²) in [5.41, 5.74) is -3.80. The highest BCUT2D eigenvalue weighted by molar-refractivity contribution is 8.00. The molecule has 0 spiro atoms. The molecule has 1 aromatic rings. The van der Waals surface area contributed by atoms with Gasteiger partial charge in [0.1, 0.15) is 5.82 Å². The number of alkyl halides is 3. The standard InChI is InChI=1S/C9H8F4S/c1-2-6-3-7(10)5-8(4-6)14-9(11,12)13/h3-5H,2H2,1H3. The first kappa shape index (κ1) is 11.4. The van der Waals surface area contributed by atoms with Crippen molar-refractivity contribution in [1.29, 1.82) is 0 Å². The van der Waals surface area contributed by atoms with Crippen LogP contribution in [0.4, 0.5) is 17.6 Å². The molecule has 0 atom stereocenters. The second-order valence-corrected chi connectivity index (χ2v) is 3.83. The predicted octanol–water partition coefficient (Wildman–Crippen LogP) is 4.00. The zero-order valence-electron chi connectivity index (χ0n) is 7.36. The van der Waals surface area contributed by atoms with E-state index in [4.69, 9.17) is 0 Å². The monoisotopic (exact) mass is 224 g/mol. The van der Waals surface area contributed by atoms with Gasteiger partial charge in [-0.3, -0.25) is 0 Å². The van der Waals surface area contributed by atoms with Gasteiger partial charge in [-0.15, -0.1) is 0 Å². The lowest BCUT2D eigenvalue weighted by Gasteiger charge is -2.06. The SMILES string of the molecule is CCc1cc(F)cc(SC(F)(F)F)c1. The molecule has 0 aromatic heterocycles. The summed E-state index contributed by atoms with van der Waals surface area (Å²) in [4.78, 5) is -0.102. The molecule has 0 N–H and O–H groups in total. The van der Waals surface area contributed by atoms with E-state index in [0.29, 0.717) is 12.0 Å². The molecule has 1 aromatic carbocycles. The molecule has 0 fully saturated rings. The Balaban J connectivity index is 2.92. The van der Waals surface area contributed by atoms with Gasteiger partial charge < -0.3 is 0 Å². The highest BCUT2D eigenvalue weighted by Gasteiger charge is 2.29. The molecule has 1 rings (SSSR count). The molecule has 0 aliphatic carbocycles. The van der Waals surface area contributed by atoms with Crippen LogP contribution >= 0.6 is 11.8 Å². The third-order valence-corrected chi connectivity index (χ3v) is 2.28. The number of hydrogen-bond acceptors (Lipinski definition) is 1. The maximum Gasteiger partial charge on any atom is 0.446 e. The van der Waals surface area contributed by atoms with Gasteiger partial charge in [-0.2, -0.15) is 13.2 Å². The fraction of sp³-hybridized carbons (Fsp3) is 0.333. The minimum Gasteiger partial charge on any atom is -0.207 e. The summed E-state index contributed by atoms with van der Waals surface area (Å²) in [6.07, 6.45) is 0.517. The molecule has 0 aliphatic heterocycles. The van der Waals surface area contributed by atoms with Gasteiger partial charge in [0.05, 0.1) is 0 Å². The summed E-state index contributed by atoms with van der Waals surface area (Å²) in [5.74, 6) is -0.629. The van der Waals surface area contributed by atoms with Gasteiger partial charge >= 0.3 is 5.51 Å². The Morgan fingerprint density at radius 2 is 1.86 bits per heavy atom. The Labute approximate surface area is 83.3 Å². The third-order valence-electron chi connectivity index (χ3n) is 1.57. The van der Waals surface area contributed by atoms with E-state index in [-0.39, 0.29) is 16.7 Å². The lowest BCUT2D eigenvalue weighted by molar-refractivity contribution is -0.0328. The normalized spacial score (nSPS) is 11.8. The minimum absolute atomic E-state index is 0.102. The van der Waals surface area contributed by atoms with Crippen LogP contribution in [0.2, 0.25) is 0 Å². The summed E-state index contributed by atoms with van der Waals surface area (Å²) in [6, 6.07) is 3.47. The van der Waals surface area contributed by atoms with Crippen LogP contribution in [0.25, 0.3) is 0 Å². The van der Waals surface area contributed by atoms with E-state index in [9.17, 15) is 17.6 Å². The van der Waals surface area contributed by atoms with E-state index >= 15 is 0 Å². The van der Waals surface area contributed by atoms with Crippen LogP contribution in [-0.2, 0) is 6.42 Å². The fourth-order valence-electron chi connectivity index (χ4n) is 1.02. The first-order valence-corrected chi connectivity index (χ1v) is 4.77. The van der Waals surface area contributed by atoms with Crippen LogP contribution in [0.1, 0.15) is 12.5 Å². The van der Waals surface area contributed by atoms with Crippen LogP contribution in [0.15, 0.2) is 23.1 Å². The summed E-state index contributed by atoms with van der Waals surface area (Å²) < 4.78 is 48.7. The topological polar surface area (TPSA) is 0 Å². The van der Waals surface area contributed by atoms with Crippen LogP contribution in [-0.4, -0.2) is 5.51 Å². The van der Waals surface area contributed by atoms with E-state index in [2.05, 4.69) is 0 Å². The summed E-state index contributed by atoms with van der Waals surface area (Å²) in [5, 5.41) is 0. The Bertz CT molecular complexity index is 319. The van der Waals surface area contributed by atoms with Crippen molar-refractivity contribution in [3.05, 3.63) is 29.6 Å². The van der Waals surface area contributed by atoms with Crippen LogP contribution in [0, 0.1) is 5.82 Å². The van der Waals surface area contributed by atoms with Gasteiger partial charge in [0, 0.05) is 4.90 Å². The molecule has 0 nitrogen and oxygen atoms in total. The molecule has 0 amide bonds. The Kier molecular flexibility index (Phi) is 3.42. The fourth-order valence-corrected chi connectivity index (χ4v) is 1.67. The summed E-state index contributed by atoms with van der Waals surface area (Å²) >= 11 is -0.296. The van der Waals surface area contributed by atoms with Gasteiger partial charge in [0.25, 0.3) is 0 Å². The highest BCUT2D eigenvalue weighted by atomic mass is 32.2. The molecule has 0 heterocycles. The Hall–Kier alpha value is -0.710. The quantitative estimate of drug-likeness (QED) is 0.540. The third kappa shape index (κ3) is 3.57. The molecular formula is C9H8F4S. The Morgan fingerprint density at radius 1 is 1.21 bits per heavy atom. The Morgan fingerprint density at radius 3 is 2.36 bits per heavy atom. The average Bonchev–Trinajstić information content (AvgIpc) is 1.99. The van der Waals surface area contributed by atoms with Crippen molar-refractivity contribution in [3.63, 3.8) is 0 Å². The van der Waals surface area contributed by atoms with E-state index in [1.54, 1.807) is 6.92 Å². The lowest BCUT2D eigenvalue weighted by Crippen LogP contribution is -1.99. The summed E-state index contributed by atoms with van der Waals surface area (Å²) in [6.45, 7) is 1.76. The highest BCUT2D eigenvalue weighted by Crippen LogP contribution is 2.37. The molecule has 0 unspecified atom stereocenters. The number of halogens is 4. The molecule has 0 saturated heterocycles. The number of hydrogen-bond donors (Lipinski definition) is 0. The summed E-state index contributed by atoms with van der Waals surface area (Å²) in [7, 11) is 0. The van der Waals surface area contributed by atoms with Crippen molar-refractivity contribution in [2.75, 3.05) is 0 Å². The molecule has 5 heteroatoms. The van der Waals surface area contributed by atoms with E-state index < -0.39 is 11.3 Å². The van der Waals surface area contributed by atoms with Gasteiger partial charge in [-0.05, 0) is 41.9 Å². The zero-order chi connectivity index (χ0) is 10.8. The maximum atomic E-state index is 12.8. The van der Waals surface area contributed by atoms with Crippen molar-refractivity contribution < 1.29 is 17.6 Å². The zero-order valence-corrected chi connectivity index (χ0v) is 8.18. The van der Waals surface area contributed by atoms with Crippen molar-refractivity contribution in [3.8, 4) is 0 Å². The maximum absolute atomic E-state index is 12.8. The molecule has 14 heavy (non-hydrogen) atoms. The molecular weight excluding hydrogens is 216 g/mol. The van der Waals surface area contributed by atoms with Gasteiger partial charge in [0.2, 0.25) is 0 Å². The molecule has 0 bridgehead atoms. The predicted molar refractivity (Wildman–Crippen MR) is 47.7 cm³/mol. The second kappa shape index (κ2) is 4.21. The molecule has 0 radical (unpaired) electrons. The van der Waals surface area contributed by atoms with Crippen LogP contribution < -0.4 is 0 Å². The van der Waals surface area contributed by atoms with Gasteiger partial charge in [-0.25, -0.2) is 4.39 Å². The number of thioether (sulfide) groups is 1. The number of aryl methyl sites for hydroxylation is 1. The minimum atomic E-state index is -4.36. The van der Waals surface area contributed by atoms with E-state index in [1.165, 1.54) is 12.1 Å². The average molecular weight is 224 g/mol. The molecule has 0 saturated carbocycles. The number of benzene rings is 1. The van der Waals surface area contributed by atoms with Crippen molar-refractivity contribution in [1.82, 2.24) is 0 Å². The van der Waals surface area contributed by atoms with Gasteiger partial charge in [0.15, 0.2) is 0 Å². The molecule has 78 valence electrons. The van der Waals surface area contributed by atoms with Crippen LogP contribution in [0.3, 0.4) is 0 Å². The first-order chi connectivity index (χ1) is 6.40. The van der Waals surface area contributed by atoms with Crippen molar-refractivity contribution in [2.45, 2.75) is 23.7 Å². The van der Waals surface area contributed by atoms with Crippen LogP contribution in [0.5, 0.6) is 0 Å². The van der Waals surface area contributed by atoms with Crippen molar-refractivity contribution >= 4 is 11.8 Å². The van der Waals surface area contributed by atoms with Crippen molar-refractivity contribution in [2.24, 2.45) is 0 Å². The molecule has 0 aliphatic rings.